The first-order valence-corrected chi connectivity index (χ1v) is 9.44. The Labute approximate surface area is 188 Å². The molecule has 0 radical (unpaired) electrons. The number of phenolic OH excluding ortho intramolecular Hbond substituents is 1. The summed E-state index contributed by atoms with van der Waals surface area (Å²) in [6.07, 6.45) is 6.21. The molecule has 1 aliphatic rings. The topological polar surface area (TPSA) is 103 Å². The van der Waals surface area contributed by atoms with E-state index >= 15 is 0 Å². The van der Waals surface area contributed by atoms with Gasteiger partial charge in [-0.3, -0.25) is 5.10 Å². The first kappa shape index (κ1) is 23.9. The molecular weight excluding hydrogens is 425 g/mol. The molecule has 10 heteroatoms. The molecule has 162 valence electrons. The summed E-state index contributed by atoms with van der Waals surface area (Å²) < 4.78 is 0. The van der Waals surface area contributed by atoms with E-state index in [4.69, 9.17) is 0 Å². The van der Waals surface area contributed by atoms with Crippen molar-refractivity contribution >= 4 is 30.8 Å². The normalized spacial score (nSPS) is 16.1. The Morgan fingerprint density at radius 1 is 1.13 bits per heavy atom. The van der Waals surface area contributed by atoms with Crippen molar-refractivity contribution in [3.05, 3.63) is 36.8 Å². The standard InChI is InChI=1S/C20H25N7O.2ClH/c1-20(2,3)24-15-6-7-27(12-15)19-21-11-17(25-26-19)16-5-4-13(8-18(16)28)14-9-22-23-10-14;;/h4-5,8-11,15,24,28H,6-7,12H2,1-3H3,(H,22,23);2*1H/t15-;;/m0../s1. The van der Waals surface area contributed by atoms with Gasteiger partial charge in [0.15, 0.2) is 0 Å². The average molecular weight is 452 g/mol. The molecule has 4 rings (SSSR count). The van der Waals surface area contributed by atoms with E-state index in [1.54, 1.807) is 24.7 Å². The van der Waals surface area contributed by atoms with Crippen LogP contribution in [0.1, 0.15) is 27.2 Å². The molecule has 1 saturated heterocycles. The summed E-state index contributed by atoms with van der Waals surface area (Å²) in [6.45, 7) is 8.29. The molecule has 0 aliphatic carbocycles. The molecule has 0 bridgehead atoms. The fourth-order valence-corrected chi connectivity index (χ4v) is 3.55. The van der Waals surface area contributed by atoms with Crippen LogP contribution in [0.5, 0.6) is 5.75 Å². The quantitative estimate of drug-likeness (QED) is 0.557. The largest absolute Gasteiger partial charge is 0.507 e. The molecule has 3 heterocycles. The van der Waals surface area contributed by atoms with Gasteiger partial charge in [-0.1, -0.05) is 6.07 Å². The Kier molecular flexibility index (Phi) is 7.63. The molecule has 0 spiro atoms. The zero-order valence-corrected chi connectivity index (χ0v) is 18.8. The van der Waals surface area contributed by atoms with Crippen LogP contribution in [0.2, 0.25) is 0 Å². The van der Waals surface area contributed by atoms with Gasteiger partial charge in [-0.2, -0.15) is 5.10 Å². The van der Waals surface area contributed by atoms with Crippen LogP contribution in [0, 0.1) is 0 Å². The van der Waals surface area contributed by atoms with E-state index in [1.165, 1.54) is 0 Å². The van der Waals surface area contributed by atoms with Crippen molar-refractivity contribution in [2.24, 2.45) is 0 Å². The molecule has 1 aromatic carbocycles. The number of nitrogens with one attached hydrogen (secondary N) is 2. The third-order valence-electron chi connectivity index (χ3n) is 4.76. The third kappa shape index (κ3) is 5.38. The molecule has 1 atom stereocenters. The number of hydrogen-bond acceptors (Lipinski definition) is 7. The minimum Gasteiger partial charge on any atom is -0.507 e. The molecule has 0 amide bonds. The SMILES string of the molecule is CC(C)(C)N[C@H]1CCN(c2ncc(-c3ccc(-c4cn[nH]c4)cc3O)nn2)C1.Cl.Cl. The average Bonchev–Trinajstić information content (AvgIpc) is 3.32. The number of H-pyrrole nitrogens is 1. The smallest absolute Gasteiger partial charge is 0.245 e. The summed E-state index contributed by atoms with van der Waals surface area (Å²) in [5, 5.41) is 29.3. The second-order valence-electron chi connectivity index (χ2n) is 8.19. The van der Waals surface area contributed by atoms with Gasteiger partial charge < -0.3 is 15.3 Å². The number of benzene rings is 1. The van der Waals surface area contributed by atoms with Gasteiger partial charge in [-0.15, -0.1) is 35.0 Å². The van der Waals surface area contributed by atoms with Crippen LogP contribution >= 0.6 is 24.8 Å². The molecule has 30 heavy (non-hydrogen) atoms. The summed E-state index contributed by atoms with van der Waals surface area (Å²) in [7, 11) is 0. The van der Waals surface area contributed by atoms with Gasteiger partial charge in [0, 0.05) is 42.0 Å². The fraction of sp³-hybridized carbons (Fsp3) is 0.400. The van der Waals surface area contributed by atoms with Gasteiger partial charge in [0.2, 0.25) is 5.95 Å². The highest BCUT2D eigenvalue weighted by Crippen LogP contribution is 2.32. The second kappa shape index (κ2) is 9.59. The van der Waals surface area contributed by atoms with E-state index in [2.05, 4.69) is 56.4 Å². The lowest BCUT2D eigenvalue weighted by Crippen LogP contribution is -2.45. The van der Waals surface area contributed by atoms with Crippen molar-refractivity contribution in [2.45, 2.75) is 38.8 Å². The lowest BCUT2D eigenvalue weighted by atomic mass is 10.0. The van der Waals surface area contributed by atoms with E-state index in [-0.39, 0.29) is 36.1 Å². The van der Waals surface area contributed by atoms with Crippen molar-refractivity contribution in [3.8, 4) is 28.1 Å². The number of rotatable bonds is 4. The second-order valence-corrected chi connectivity index (χ2v) is 8.19. The minimum absolute atomic E-state index is 0. The number of nitrogens with zero attached hydrogens (tertiary/aromatic N) is 5. The predicted molar refractivity (Wildman–Crippen MR) is 123 cm³/mol. The van der Waals surface area contributed by atoms with Gasteiger partial charge in [0.05, 0.1) is 12.4 Å². The van der Waals surface area contributed by atoms with Crippen LogP contribution < -0.4 is 10.2 Å². The van der Waals surface area contributed by atoms with Crippen molar-refractivity contribution in [3.63, 3.8) is 0 Å². The van der Waals surface area contributed by atoms with Gasteiger partial charge in [-0.25, -0.2) is 4.98 Å². The Balaban J connectivity index is 0.00000160. The maximum atomic E-state index is 10.4. The minimum atomic E-state index is 0. The molecule has 0 unspecified atom stereocenters. The lowest BCUT2D eigenvalue weighted by molar-refractivity contribution is 0.373. The van der Waals surface area contributed by atoms with Crippen molar-refractivity contribution in [2.75, 3.05) is 18.0 Å². The molecule has 3 aromatic rings. The first-order valence-electron chi connectivity index (χ1n) is 9.44. The highest BCUT2D eigenvalue weighted by atomic mass is 35.5. The molecule has 2 aromatic heterocycles. The van der Waals surface area contributed by atoms with Crippen LogP contribution in [0.3, 0.4) is 0 Å². The van der Waals surface area contributed by atoms with Crippen molar-refractivity contribution in [1.29, 1.82) is 0 Å². The van der Waals surface area contributed by atoms with E-state index in [1.807, 2.05) is 12.1 Å². The van der Waals surface area contributed by atoms with Crippen LogP contribution in [0.4, 0.5) is 5.95 Å². The monoisotopic (exact) mass is 451 g/mol. The van der Waals surface area contributed by atoms with Crippen LogP contribution in [0.25, 0.3) is 22.4 Å². The lowest BCUT2D eigenvalue weighted by Gasteiger charge is -2.25. The van der Waals surface area contributed by atoms with Crippen LogP contribution in [0.15, 0.2) is 36.8 Å². The van der Waals surface area contributed by atoms with E-state index in [0.717, 1.165) is 30.6 Å². The van der Waals surface area contributed by atoms with Crippen LogP contribution in [-0.4, -0.2) is 55.2 Å². The van der Waals surface area contributed by atoms with Crippen molar-refractivity contribution < 1.29 is 5.11 Å². The number of anilines is 1. The molecule has 1 fully saturated rings. The zero-order chi connectivity index (χ0) is 19.7. The van der Waals surface area contributed by atoms with Gasteiger partial charge >= 0.3 is 0 Å². The molecule has 3 N–H and O–H groups in total. The number of halogens is 2. The van der Waals surface area contributed by atoms with Gasteiger partial charge in [-0.05, 0) is 44.9 Å². The van der Waals surface area contributed by atoms with Crippen LogP contribution in [-0.2, 0) is 0 Å². The zero-order valence-electron chi connectivity index (χ0n) is 17.2. The highest BCUT2D eigenvalue weighted by Gasteiger charge is 2.27. The third-order valence-corrected chi connectivity index (χ3v) is 4.76. The highest BCUT2D eigenvalue weighted by molar-refractivity contribution is 5.85. The number of aromatic amines is 1. The fourth-order valence-electron chi connectivity index (χ4n) is 3.55. The van der Waals surface area contributed by atoms with E-state index in [0.29, 0.717) is 23.2 Å². The summed E-state index contributed by atoms with van der Waals surface area (Å²) in [5.41, 5.74) is 3.02. The molecule has 0 saturated carbocycles. The number of aromatic hydroxyl groups is 1. The van der Waals surface area contributed by atoms with E-state index in [9.17, 15) is 5.11 Å². The first-order chi connectivity index (χ1) is 13.4. The van der Waals surface area contributed by atoms with E-state index < -0.39 is 0 Å². The Hall–Kier alpha value is -2.42. The molecule has 8 nitrogen and oxygen atoms in total. The van der Waals surface area contributed by atoms with Gasteiger partial charge in [0.1, 0.15) is 11.4 Å². The Bertz CT molecular complexity index is 943. The van der Waals surface area contributed by atoms with Crippen molar-refractivity contribution in [1.82, 2.24) is 30.7 Å². The molecule has 1 aliphatic heterocycles. The summed E-state index contributed by atoms with van der Waals surface area (Å²) in [5.74, 6) is 0.759. The summed E-state index contributed by atoms with van der Waals surface area (Å²) in [4.78, 5) is 6.62. The Morgan fingerprint density at radius 2 is 1.93 bits per heavy atom. The number of aromatic nitrogens is 5. The summed E-state index contributed by atoms with van der Waals surface area (Å²) in [6, 6.07) is 5.85. The maximum Gasteiger partial charge on any atom is 0.245 e. The number of phenols is 1. The predicted octanol–water partition coefficient (Wildman–Crippen LogP) is 3.44. The molecular formula is C20H27Cl2N7O. The number of hydrogen-bond donors (Lipinski definition) is 3. The van der Waals surface area contributed by atoms with Gasteiger partial charge in [0.25, 0.3) is 0 Å². The Morgan fingerprint density at radius 3 is 2.53 bits per heavy atom. The maximum absolute atomic E-state index is 10.4. The summed E-state index contributed by atoms with van der Waals surface area (Å²) >= 11 is 0.